The van der Waals surface area contributed by atoms with E-state index in [2.05, 4.69) is 18.5 Å². The number of rotatable bonds is 3. The number of allylic oxidation sites excluding steroid dienone is 1. The van der Waals surface area contributed by atoms with Gasteiger partial charge in [0.15, 0.2) is 0 Å². The second-order valence-electron chi connectivity index (χ2n) is 1.94. The Labute approximate surface area is 62.1 Å². The Balaban J connectivity index is 3.98. The van der Waals surface area contributed by atoms with Crippen LogP contribution in [0.15, 0.2) is 29.3 Å². The summed E-state index contributed by atoms with van der Waals surface area (Å²) in [7, 11) is 1.65. The maximum absolute atomic E-state index is 5.46. The molecule has 0 aliphatic rings. The summed E-state index contributed by atoms with van der Waals surface area (Å²) in [4.78, 5) is 3.78. The molecule has 0 fully saturated rings. The van der Waals surface area contributed by atoms with E-state index in [1.807, 2.05) is 12.2 Å². The number of hydrogen-bond donors (Lipinski definition) is 1. The van der Waals surface area contributed by atoms with Gasteiger partial charge >= 0.3 is 0 Å². The zero-order chi connectivity index (χ0) is 7.98. The van der Waals surface area contributed by atoms with Gasteiger partial charge in [-0.05, 0) is 6.42 Å². The molecule has 0 aromatic rings. The van der Waals surface area contributed by atoms with Crippen molar-refractivity contribution < 1.29 is 0 Å². The summed E-state index contributed by atoms with van der Waals surface area (Å²) in [5, 5.41) is 0. The maximum atomic E-state index is 5.46. The van der Waals surface area contributed by atoms with Crippen LogP contribution in [0.2, 0.25) is 0 Å². The van der Waals surface area contributed by atoms with Crippen LogP contribution in [0.5, 0.6) is 0 Å². The lowest BCUT2D eigenvalue weighted by molar-refractivity contribution is 1.22. The van der Waals surface area contributed by atoms with Crippen LogP contribution in [-0.4, -0.2) is 12.9 Å². The molecule has 2 heteroatoms. The maximum Gasteiger partial charge on any atom is 0.124 e. The highest BCUT2D eigenvalue weighted by Gasteiger charge is 1.89. The van der Waals surface area contributed by atoms with Crippen molar-refractivity contribution in [2.75, 3.05) is 7.05 Å². The van der Waals surface area contributed by atoms with Crippen molar-refractivity contribution in [2.45, 2.75) is 13.3 Å². The van der Waals surface area contributed by atoms with Crippen LogP contribution in [0, 0.1) is 0 Å². The van der Waals surface area contributed by atoms with E-state index in [1.165, 1.54) is 0 Å². The molecule has 0 unspecified atom stereocenters. The quantitative estimate of drug-likeness (QED) is 0.358. The van der Waals surface area contributed by atoms with E-state index < -0.39 is 0 Å². The minimum atomic E-state index is 0.504. The van der Waals surface area contributed by atoms with Gasteiger partial charge in [-0.2, -0.15) is 0 Å². The molecule has 0 atom stereocenters. The average molecular weight is 138 g/mol. The monoisotopic (exact) mass is 138 g/mol. The summed E-state index contributed by atoms with van der Waals surface area (Å²) in [5.41, 5.74) is 6.24. The first-order valence-corrected chi connectivity index (χ1v) is 3.30. The van der Waals surface area contributed by atoms with Gasteiger partial charge in [-0.15, -0.1) is 0 Å². The molecular formula is C8H14N2. The second-order valence-corrected chi connectivity index (χ2v) is 1.94. The minimum Gasteiger partial charge on any atom is -0.384 e. The average Bonchev–Trinajstić information content (AvgIpc) is 1.98. The lowest BCUT2D eigenvalue weighted by Gasteiger charge is -1.95. The summed E-state index contributed by atoms with van der Waals surface area (Å²) in [6, 6.07) is 0. The first-order chi connectivity index (χ1) is 4.72. The van der Waals surface area contributed by atoms with Crippen molar-refractivity contribution >= 4 is 5.84 Å². The van der Waals surface area contributed by atoms with E-state index in [0.717, 1.165) is 12.0 Å². The number of aliphatic imine (C=N–C) groups is 1. The van der Waals surface area contributed by atoms with Crippen LogP contribution in [0.25, 0.3) is 0 Å². The molecule has 0 rings (SSSR count). The first-order valence-electron chi connectivity index (χ1n) is 3.30. The molecule has 0 amide bonds. The molecule has 0 aliphatic carbocycles. The lowest BCUT2D eigenvalue weighted by Crippen LogP contribution is -2.12. The summed E-state index contributed by atoms with van der Waals surface area (Å²) < 4.78 is 0. The molecule has 0 saturated heterocycles. The fourth-order valence-corrected chi connectivity index (χ4v) is 0.489. The van der Waals surface area contributed by atoms with Gasteiger partial charge in [0.2, 0.25) is 0 Å². The predicted octanol–water partition coefficient (Wildman–Crippen LogP) is 1.50. The van der Waals surface area contributed by atoms with Crippen molar-refractivity contribution in [3.05, 3.63) is 24.3 Å². The van der Waals surface area contributed by atoms with Crippen molar-refractivity contribution in [1.29, 1.82) is 0 Å². The Morgan fingerprint density at radius 1 is 1.70 bits per heavy atom. The Morgan fingerprint density at radius 3 is 2.70 bits per heavy atom. The Hall–Kier alpha value is -1.05. The van der Waals surface area contributed by atoms with E-state index in [0.29, 0.717) is 5.84 Å². The van der Waals surface area contributed by atoms with Gasteiger partial charge in [0.1, 0.15) is 5.84 Å². The minimum absolute atomic E-state index is 0.504. The van der Waals surface area contributed by atoms with Crippen LogP contribution in [-0.2, 0) is 0 Å². The summed E-state index contributed by atoms with van der Waals surface area (Å²) >= 11 is 0. The van der Waals surface area contributed by atoms with Gasteiger partial charge in [0.25, 0.3) is 0 Å². The van der Waals surface area contributed by atoms with Gasteiger partial charge in [0.05, 0.1) is 0 Å². The Bertz CT molecular complexity index is 166. The number of hydrogen-bond acceptors (Lipinski definition) is 1. The first kappa shape index (κ1) is 8.95. The van der Waals surface area contributed by atoms with Gasteiger partial charge in [0, 0.05) is 12.6 Å². The molecule has 0 saturated carbocycles. The zero-order valence-corrected chi connectivity index (χ0v) is 6.59. The normalized spacial score (nSPS) is 12.4. The topological polar surface area (TPSA) is 38.4 Å². The third kappa shape index (κ3) is 3.07. The zero-order valence-electron chi connectivity index (χ0n) is 6.59. The number of nitrogens with two attached hydrogens (primary N) is 1. The van der Waals surface area contributed by atoms with E-state index in [-0.39, 0.29) is 0 Å². The van der Waals surface area contributed by atoms with E-state index in [9.17, 15) is 0 Å². The Kier molecular flexibility index (Phi) is 4.29. The van der Waals surface area contributed by atoms with Crippen molar-refractivity contribution in [3.63, 3.8) is 0 Å². The van der Waals surface area contributed by atoms with Crippen LogP contribution < -0.4 is 5.73 Å². The molecule has 0 heterocycles. The smallest absolute Gasteiger partial charge is 0.124 e. The largest absolute Gasteiger partial charge is 0.384 e. The highest BCUT2D eigenvalue weighted by molar-refractivity contribution is 5.98. The predicted molar refractivity (Wildman–Crippen MR) is 46.1 cm³/mol. The van der Waals surface area contributed by atoms with Crippen molar-refractivity contribution in [1.82, 2.24) is 0 Å². The molecule has 56 valence electrons. The number of amidine groups is 1. The van der Waals surface area contributed by atoms with E-state index in [4.69, 9.17) is 5.73 Å². The molecule has 0 aromatic heterocycles. The van der Waals surface area contributed by atoms with E-state index in [1.54, 1.807) is 7.05 Å². The fraction of sp³-hybridized carbons (Fsp3) is 0.375. The van der Waals surface area contributed by atoms with Crippen LogP contribution >= 0.6 is 0 Å². The molecule has 10 heavy (non-hydrogen) atoms. The highest BCUT2D eigenvalue weighted by Crippen LogP contribution is 1.93. The molecule has 0 aromatic carbocycles. The molecule has 0 radical (unpaired) electrons. The third-order valence-electron chi connectivity index (χ3n) is 1.12. The van der Waals surface area contributed by atoms with Gasteiger partial charge in [-0.25, -0.2) is 0 Å². The van der Waals surface area contributed by atoms with Crippen LogP contribution in [0.4, 0.5) is 0 Å². The van der Waals surface area contributed by atoms with Gasteiger partial charge in [-0.3, -0.25) is 4.99 Å². The fourth-order valence-electron chi connectivity index (χ4n) is 0.489. The summed E-state index contributed by atoms with van der Waals surface area (Å²) in [6.45, 7) is 5.78. The molecule has 0 spiro atoms. The van der Waals surface area contributed by atoms with Crippen molar-refractivity contribution in [2.24, 2.45) is 10.7 Å². The second kappa shape index (κ2) is 4.79. The van der Waals surface area contributed by atoms with Crippen LogP contribution in [0.1, 0.15) is 13.3 Å². The third-order valence-corrected chi connectivity index (χ3v) is 1.12. The van der Waals surface area contributed by atoms with Crippen molar-refractivity contribution in [3.8, 4) is 0 Å². The SMILES string of the molecule is C=C(C=CCC)C(N)=NC. The Morgan fingerprint density at radius 2 is 2.30 bits per heavy atom. The van der Waals surface area contributed by atoms with Gasteiger partial charge in [-0.1, -0.05) is 25.7 Å². The molecule has 0 aliphatic heterocycles. The lowest BCUT2D eigenvalue weighted by atomic mass is 10.2. The molecule has 0 bridgehead atoms. The van der Waals surface area contributed by atoms with Crippen LogP contribution in [0.3, 0.4) is 0 Å². The number of nitrogens with zero attached hydrogens (tertiary/aromatic N) is 1. The molecular weight excluding hydrogens is 124 g/mol. The van der Waals surface area contributed by atoms with Gasteiger partial charge < -0.3 is 5.73 Å². The standard InChI is InChI=1S/C8H14N2/c1-4-5-6-7(2)8(9)10-3/h5-6H,2,4H2,1,3H3,(H2,9,10). The highest BCUT2D eigenvalue weighted by atomic mass is 14.8. The molecule has 2 N–H and O–H groups in total. The molecule has 2 nitrogen and oxygen atoms in total. The van der Waals surface area contributed by atoms with E-state index >= 15 is 0 Å². The summed E-state index contributed by atoms with van der Waals surface area (Å²) in [6.07, 6.45) is 4.87. The summed E-state index contributed by atoms with van der Waals surface area (Å²) in [5.74, 6) is 0.504.